The Bertz CT molecular complexity index is 223. The normalized spacial score (nSPS) is 36.0. The van der Waals surface area contributed by atoms with Crippen molar-refractivity contribution >= 4 is 0 Å². The van der Waals surface area contributed by atoms with E-state index in [0.29, 0.717) is 18.1 Å². The Morgan fingerprint density at radius 3 is 2.89 bits per heavy atom. The summed E-state index contributed by atoms with van der Waals surface area (Å²) in [4.78, 5) is 0. The van der Waals surface area contributed by atoms with Gasteiger partial charge in [-0.3, -0.25) is 0 Å². The molecular formula is C15H30N2O. The Morgan fingerprint density at radius 2 is 2.06 bits per heavy atom. The second kappa shape index (κ2) is 7.46. The van der Waals surface area contributed by atoms with Crippen LogP contribution >= 0.6 is 0 Å². The first-order valence-corrected chi connectivity index (χ1v) is 7.91. The molecule has 0 bridgehead atoms. The first-order valence-electron chi connectivity index (χ1n) is 7.91. The second-order valence-corrected chi connectivity index (χ2v) is 6.32. The lowest BCUT2D eigenvalue weighted by molar-refractivity contribution is 0.108. The maximum absolute atomic E-state index is 9.70. The molecule has 3 heteroatoms. The van der Waals surface area contributed by atoms with Crippen LogP contribution in [0.2, 0.25) is 0 Å². The van der Waals surface area contributed by atoms with Gasteiger partial charge in [0.05, 0.1) is 6.10 Å². The summed E-state index contributed by atoms with van der Waals surface area (Å²) in [5.74, 6) is 0. The Balaban J connectivity index is 1.68. The van der Waals surface area contributed by atoms with E-state index in [1.165, 1.54) is 51.5 Å². The van der Waals surface area contributed by atoms with Gasteiger partial charge in [-0.25, -0.2) is 0 Å². The summed E-state index contributed by atoms with van der Waals surface area (Å²) in [6, 6.07) is 1.80. The van der Waals surface area contributed by atoms with Crippen LogP contribution in [0.15, 0.2) is 0 Å². The maximum atomic E-state index is 9.70. The lowest BCUT2D eigenvalue weighted by atomic mass is 9.92. The van der Waals surface area contributed by atoms with Crippen molar-refractivity contribution in [2.45, 2.75) is 88.9 Å². The Morgan fingerprint density at radius 1 is 1.17 bits per heavy atom. The van der Waals surface area contributed by atoms with Crippen molar-refractivity contribution in [3.63, 3.8) is 0 Å². The molecule has 18 heavy (non-hydrogen) atoms. The van der Waals surface area contributed by atoms with Crippen molar-refractivity contribution in [2.75, 3.05) is 6.54 Å². The van der Waals surface area contributed by atoms with Gasteiger partial charge < -0.3 is 15.7 Å². The average Bonchev–Trinajstić information content (AvgIpc) is 2.57. The minimum Gasteiger partial charge on any atom is -0.393 e. The van der Waals surface area contributed by atoms with E-state index in [0.717, 1.165) is 12.8 Å². The molecule has 1 aliphatic carbocycles. The third-order valence-electron chi connectivity index (χ3n) is 4.47. The number of nitrogens with one attached hydrogen (secondary N) is 2. The molecule has 4 atom stereocenters. The van der Waals surface area contributed by atoms with Gasteiger partial charge in [0.1, 0.15) is 0 Å². The van der Waals surface area contributed by atoms with Crippen LogP contribution in [0.25, 0.3) is 0 Å². The third kappa shape index (κ3) is 4.87. The second-order valence-electron chi connectivity index (χ2n) is 6.32. The van der Waals surface area contributed by atoms with Crippen molar-refractivity contribution in [1.29, 1.82) is 0 Å². The highest BCUT2D eigenvalue weighted by atomic mass is 16.3. The van der Waals surface area contributed by atoms with E-state index in [-0.39, 0.29) is 6.10 Å². The zero-order valence-electron chi connectivity index (χ0n) is 11.8. The van der Waals surface area contributed by atoms with Crippen LogP contribution in [-0.4, -0.2) is 35.9 Å². The molecule has 1 saturated heterocycles. The van der Waals surface area contributed by atoms with Gasteiger partial charge in [0, 0.05) is 18.1 Å². The Labute approximate surface area is 112 Å². The summed E-state index contributed by atoms with van der Waals surface area (Å²) >= 11 is 0. The fourth-order valence-corrected chi connectivity index (χ4v) is 3.51. The predicted octanol–water partition coefficient (Wildman–Crippen LogP) is 2.19. The SMILES string of the molecule is CC(CC1CCCCCN1)NC1CCCC(O)C1. The van der Waals surface area contributed by atoms with Crippen LogP contribution in [0, 0.1) is 0 Å². The van der Waals surface area contributed by atoms with Crippen LogP contribution in [0.4, 0.5) is 0 Å². The van der Waals surface area contributed by atoms with Gasteiger partial charge >= 0.3 is 0 Å². The molecular weight excluding hydrogens is 224 g/mol. The van der Waals surface area contributed by atoms with E-state index in [2.05, 4.69) is 17.6 Å². The molecule has 3 N–H and O–H groups in total. The molecule has 0 spiro atoms. The van der Waals surface area contributed by atoms with Gasteiger partial charge in [-0.2, -0.15) is 0 Å². The third-order valence-corrected chi connectivity index (χ3v) is 4.47. The van der Waals surface area contributed by atoms with Crippen molar-refractivity contribution in [2.24, 2.45) is 0 Å². The summed E-state index contributed by atoms with van der Waals surface area (Å²) in [5.41, 5.74) is 0. The lowest BCUT2D eigenvalue weighted by Crippen LogP contribution is -2.44. The predicted molar refractivity (Wildman–Crippen MR) is 75.7 cm³/mol. The van der Waals surface area contributed by atoms with E-state index >= 15 is 0 Å². The molecule has 0 aromatic carbocycles. The minimum atomic E-state index is -0.0699. The van der Waals surface area contributed by atoms with E-state index in [4.69, 9.17) is 0 Å². The van der Waals surface area contributed by atoms with E-state index in [1.807, 2.05) is 0 Å². The molecule has 2 fully saturated rings. The van der Waals surface area contributed by atoms with Gasteiger partial charge in [0.25, 0.3) is 0 Å². The van der Waals surface area contributed by atoms with Crippen LogP contribution in [0.3, 0.4) is 0 Å². The van der Waals surface area contributed by atoms with E-state index in [9.17, 15) is 5.11 Å². The van der Waals surface area contributed by atoms with E-state index < -0.39 is 0 Å². The molecule has 1 heterocycles. The molecule has 2 rings (SSSR count). The van der Waals surface area contributed by atoms with Crippen molar-refractivity contribution in [3.8, 4) is 0 Å². The van der Waals surface area contributed by atoms with Crippen LogP contribution < -0.4 is 10.6 Å². The number of hydrogen-bond donors (Lipinski definition) is 3. The van der Waals surface area contributed by atoms with Gasteiger partial charge in [-0.05, 0) is 58.4 Å². The topological polar surface area (TPSA) is 44.3 Å². The number of rotatable bonds is 4. The minimum absolute atomic E-state index is 0.0699. The van der Waals surface area contributed by atoms with Crippen molar-refractivity contribution < 1.29 is 5.11 Å². The first kappa shape index (κ1) is 14.3. The molecule has 0 aromatic rings. The average molecular weight is 254 g/mol. The number of hydrogen-bond acceptors (Lipinski definition) is 3. The fourth-order valence-electron chi connectivity index (χ4n) is 3.51. The van der Waals surface area contributed by atoms with Crippen LogP contribution in [-0.2, 0) is 0 Å². The molecule has 3 nitrogen and oxygen atoms in total. The van der Waals surface area contributed by atoms with Gasteiger partial charge in [-0.15, -0.1) is 0 Å². The van der Waals surface area contributed by atoms with Crippen LogP contribution in [0.5, 0.6) is 0 Å². The molecule has 4 unspecified atom stereocenters. The van der Waals surface area contributed by atoms with Gasteiger partial charge in [0.15, 0.2) is 0 Å². The fraction of sp³-hybridized carbons (Fsp3) is 1.00. The number of aliphatic hydroxyl groups is 1. The summed E-state index contributed by atoms with van der Waals surface area (Å²) < 4.78 is 0. The van der Waals surface area contributed by atoms with Gasteiger partial charge in [0.2, 0.25) is 0 Å². The summed E-state index contributed by atoms with van der Waals surface area (Å²) in [5, 5.41) is 17.1. The zero-order chi connectivity index (χ0) is 12.8. The quantitative estimate of drug-likeness (QED) is 0.720. The highest BCUT2D eigenvalue weighted by Crippen LogP contribution is 2.20. The first-order chi connectivity index (χ1) is 8.74. The maximum Gasteiger partial charge on any atom is 0.0555 e. The molecule has 0 radical (unpaired) electrons. The summed E-state index contributed by atoms with van der Waals surface area (Å²) in [7, 11) is 0. The largest absolute Gasteiger partial charge is 0.393 e. The monoisotopic (exact) mass is 254 g/mol. The standard InChI is InChI=1S/C15H30N2O/c1-12(10-13-6-3-2-4-9-16-13)17-14-7-5-8-15(18)11-14/h12-18H,2-11H2,1H3. The zero-order valence-corrected chi connectivity index (χ0v) is 11.8. The summed E-state index contributed by atoms with van der Waals surface area (Å²) in [6.07, 6.45) is 11.0. The Kier molecular flexibility index (Phi) is 5.93. The molecule has 0 amide bonds. The highest BCUT2D eigenvalue weighted by molar-refractivity contribution is 4.82. The van der Waals surface area contributed by atoms with Gasteiger partial charge in [-0.1, -0.05) is 12.8 Å². The van der Waals surface area contributed by atoms with Crippen molar-refractivity contribution in [3.05, 3.63) is 0 Å². The van der Waals surface area contributed by atoms with Crippen LogP contribution in [0.1, 0.15) is 64.7 Å². The molecule has 2 aliphatic rings. The highest BCUT2D eigenvalue weighted by Gasteiger charge is 2.22. The molecule has 1 saturated carbocycles. The van der Waals surface area contributed by atoms with Crippen molar-refractivity contribution in [1.82, 2.24) is 10.6 Å². The molecule has 106 valence electrons. The smallest absolute Gasteiger partial charge is 0.0555 e. The Hall–Kier alpha value is -0.120. The van der Waals surface area contributed by atoms with E-state index in [1.54, 1.807) is 0 Å². The number of aliphatic hydroxyl groups excluding tert-OH is 1. The summed E-state index contributed by atoms with van der Waals surface area (Å²) in [6.45, 7) is 3.49. The molecule has 0 aromatic heterocycles. The molecule has 1 aliphatic heterocycles. The lowest BCUT2D eigenvalue weighted by Gasteiger charge is -2.31.